The van der Waals surface area contributed by atoms with E-state index in [0.717, 1.165) is 6.42 Å². The summed E-state index contributed by atoms with van der Waals surface area (Å²) in [7, 11) is 0. The van der Waals surface area contributed by atoms with Gasteiger partial charge >= 0.3 is 5.97 Å². The molecule has 2 rings (SSSR count). The molecule has 1 aromatic carbocycles. The number of carboxylic acid groups (broad SMARTS) is 1. The Morgan fingerprint density at radius 3 is 2.65 bits per heavy atom. The normalized spacial score (nSPS) is 22.2. The summed E-state index contributed by atoms with van der Waals surface area (Å²) in [5, 5.41) is 11.7. The average molecular weight is 279 g/mol. The van der Waals surface area contributed by atoms with Crippen molar-refractivity contribution in [3.8, 4) is 0 Å². The lowest BCUT2D eigenvalue weighted by molar-refractivity contribution is -0.144. The van der Waals surface area contributed by atoms with Crippen LogP contribution in [0, 0.1) is 17.7 Å². The van der Waals surface area contributed by atoms with Crippen LogP contribution >= 0.6 is 0 Å². The summed E-state index contributed by atoms with van der Waals surface area (Å²) in [6.07, 6.45) is 2.45. The van der Waals surface area contributed by atoms with E-state index in [1.165, 1.54) is 6.07 Å². The van der Waals surface area contributed by atoms with Gasteiger partial charge in [0.1, 0.15) is 5.82 Å². The highest BCUT2D eigenvalue weighted by atomic mass is 19.1. The Morgan fingerprint density at radius 1 is 1.25 bits per heavy atom. The molecule has 1 aromatic rings. The number of amides is 1. The van der Waals surface area contributed by atoms with Crippen LogP contribution in [0.5, 0.6) is 0 Å². The monoisotopic (exact) mass is 279 g/mol. The highest BCUT2D eigenvalue weighted by Gasteiger charge is 2.30. The first-order valence-corrected chi connectivity index (χ1v) is 6.82. The summed E-state index contributed by atoms with van der Waals surface area (Å²) in [6.45, 7) is 0.139. The van der Waals surface area contributed by atoms with Gasteiger partial charge in [-0.1, -0.05) is 24.6 Å². The Balaban J connectivity index is 1.89. The van der Waals surface area contributed by atoms with E-state index in [2.05, 4.69) is 5.32 Å². The van der Waals surface area contributed by atoms with Crippen LogP contribution in [0.3, 0.4) is 0 Å². The summed E-state index contributed by atoms with van der Waals surface area (Å²) < 4.78 is 13.4. The standard InChI is InChI=1S/C15H18FNO3/c16-13-7-2-1-4-12(13)9-17-14(18)10-5-3-6-11(8-10)15(19)20/h1-2,4,7,10-11H,3,5-6,8-9H2,(H,17,18)(H,19,20)/t10-,11+/m0/s1. The fourth-order valence-corrected chi connectivity index (χ4v) is 2.62. The van der Waals surface area contributed by atoms with Gasteiger partial charge in [-0.15, -0.1) is 0 Å². The third-order valence-corrected chi connectivity index (χ3v) is 3.81. The van der Waals surface area contributed by atoms with Gasteiger partial charge in [-0.3, -0.25) is 9.59 Å². The maximum atomic E-state index is 13.4. The van der Waals surface area contributed by atoms with Crippen LogP contribution in [0.1, 0.15) is 31.2 Å². The summed E-state index contributed by atoms with van der Waals surface area (Å²) in [5.74, 6) is -2.08. The minimum Gasteiger partial charge on any atom is -0.481 e. The van der Waals surface area contributed by atoms with Crippen molar-refractivity contribution in [1.29, 1.82) is 0 Å². The lowest BCUT2D eigenvalue weighted by atomic mass is 9.81. The lowest BCUT2D eigenvalue weighted by Gasteiger charge is -2.25. The molecule has 1 aliphatic carbocycles. The van der Waals surface area contributed by atoms with E-state index >= 15 is 0 Å². The molecule has 0 spiro atoms. The molecule has 0 unspecified atom stereocenters. The number of carbonyl (C=O) groups is 2. The van der Waals surface area contributed by atoms with Gasteiger partial charge in [-0.05, 0) is 25.3 Å². The van der Waals surface area contributed by atoms with Gasteiger partial charge in [0.2, 0.25) is 5.91 Å². The molecule has 1 saturated carbocycles. The molecule has 1 amide bonds. The van der Waals surface area contributed by atoms with E-state index in [9.17, 15) is 14.0 Å². The van der Waals surface area contributed by atoms with Crippen molar-refractivity contribution in [3.05, 3.63) is 35.6 Å². The Hall–Kier alpha value is -1.91. The number of halogens is 1. The van der Waals surface area contributed by atoms with E-state index in [1.54, 1.807) is 18.2 Å². The van der Waals surface area contributed by atoms with Crippen molar-refractivity contribution >= 4 is 11.9 Å². The third kappa shape index (κ3) is 3.56. The van der Waals surface area contributed by atoms with Gasteiger partial charge in [0, 0.05) is 18.0 Å². The van der Waals surface area contributed by atoms with E-state index in [1.807, 2.05) is 0 Å². The number of nitrogens with one attached hydrogen (secondary N) is 1. The maximum Gasteiger partial charge on any atom is 0.306 e. The molecule has 20 heavy (non-hydrogen) atoms. The molecule has 108 valence electrons. The molecule has 1 fully saturated rings. The summed E-state index contributed by atoms with van der Waals surface area (Å²) >= 11 is 0. The van der Waals surface area contributed by atoms with Crippen molar-refractivity contribution in [2.45, 2.75) is 32.2 Å². The molecule has 1 aliphatic rings. The maximum absolute atomic E-state index is 13.4. The van der Waals surface area contributed by atoms with Crippen molar-refractivity contribution in [1.82, 2.24) is 5.32 Å². The summed E-state index contributed by atoms with van der Waals surface area (Å²) in [4.78, 5) is 23.0. The Labute approximate surface area is 117 Å². The number of rotatable bonds is 4. The number of hydrogen-bond acceptors (Lipinski definition) is 2. The Bertz CT molecular complexity index is 504. The first-order chi connectivity index (χ1) is 9.58. The summed E-state index contributed by atoms with van der Waals surface area (Å²) in [6, 6.07) is 6.28. The minimum atomic E-state index is -0.836. The van der Waals surface area contributed by atoms with Crippen LogP contribution in [-0.4, -0.2) is 17.0 Å². The van der Waals surface area contributed by atoms with Crippen LogP contribution in [0.25, 0.3) is 0 Å². The van der Waals surface area contributed by atoms with Gasteiger partial charge in [-0.2, -0.15) is 0 Å². The van der Waals surface area contributed by atoms with Crippen molar-refractivity contribution in [2.24, 2.45) is 11.8 Å². The van der Waals surface area contributed by atoms with Crippen LogP contribution in [0.2, 0.25) is 0 Å². The highest BCUT2D eigenvalue weighted by Crippen LogP contribution is 2.29. The lowest BCUT2D eigenvalue weighted by Crippen LogP contribution is -2.35. The number of carboxylic acids is 1. The van der Waals surface area contributed by atoms with Crippen molar-refractivity contribution in [2.75, 3.05) is 0 Å². The predicted molar refractivity (Wildman–Crippen MR) is 71.3 cm³/mol. The second-order valence-electron chi connectivity index (χ2n) is 5.21. The number of hydrogen-bond donors (Lipinski definition) is 2. The molecule has 2 N–H and O–H groups in total. The predicted octanol–water partition coefficient (Wildman–Crippen LogP) is 2.33. The van der Waals surface area contributed by atoms with Crippen molar-refractivity contribution in [3.63, 3.8) is 0 Å². The highest BCUT2D eigenvalue weighted by molar-refractivity contribution is 5.80. The van der Waals surface area contributed by atoms with Gasteiger partial charge in [0.15, 0.2) is 0 Å². The van der Waals surface area contributed by atoms with Crippen LogP contribution in [0.15, 0.2) is 24.3 Å². The zero-order valence-corrected chi connectivity index (χ0v) is 11.1. The fraction of sp³-hybridized carbons (Fsp3) is 0.467. The number of aliphatic carboxylic acids is 1. The quantitative estimate of drug-likeness (QED) is 0.889. The largest absolute Gasteiger partial charge is 0.481 e. The van der Waals surface area contributed by atoms with Gasteiger partial charge < -0.3 is 10.4 Å². The van der Waals surface area contributed by atoms with Gasteiger partial charge in [0.05, 0.1) is 5.92 Å². The van der Waals surface area contributed by atoms with E-state index < -0.39 is 11.9 Å². The Kier molecular flexibility index (Phi) is 4.71. The first kappa shape index (κ1) is 14.5. The first-order valence-electron chi connectivity index (χ1n) is 6.82. The van der Waals surface area contributed by atoms with Crippen LogP contribution in [-0.2, 0) is 16.1 Å². The van der Waals surface area contributed by atoms with Crippen LogP contribution in [0.4, 0.5) is 4.39 Å². The molecule has 0 aliphatic heterocycles. The molecule has 4 nitrogen and oxygen atoms in total. The average Bonchev–Trinajstić information content (AvgIpc) is 2.46. The second kappa shape index (κ2) is 6.50. The second-order valence-corrected chi connectivity index (χ2v) is 5.21. The molecule has 2 atom stereocenters. The zero-order chi connectivity index (χ0) is 14.5. The SMILES string of the molecule is O=C(O)[C@@H]1CCC[C@H](C(=O)NCc2ccccc2F)C1. The molecule has 5 heteroatoms. The fourth-order valence-electron chi connectivity index (χ4n) is 2.62. The number of benzene rings is 1. The van der Waals surface area contributed by atoms with E-state index in [4.69, 9.17) is 5.11 Å². The zero-order valence-electron chi connectivity index (χ0n) is 11.1. The topological polar surface area (TPSA) is 66.4 Å². The molecule has 0 bridgehead atoms. The molecule has 0 radical (unpaired) electrons. The Morgan fingerprint density at radius 2 is 1.95 bits per heavy atom. The third-order valence-electron chi connectivity index (χ3n) is 3.81. The molecule has 0 saturated heterocycles. The van der Waals surface area contributed by atoms with E-state index in [0.29, 0.717) is 24.8 Å². The molecule has 0 aromatic heterocycles. The van der Waals surface area contributed by atoms with Crippen LogP contribution < -0.4 is 5.32 Å². The summed E-state index contributed by atoms with van der Waals surface area (Å²) in [5.41, 5.74) is 0.437. The molecular weight excluding hydrogens is 261 g/mol. The number of carbonyl (C=O) groups excluding carboxylic acids is 1. The smallest absolute Gasteiger partial charge is 0.306 e. The minimum absolute atomic E-state index is 0.139. The van der Waals surface area contributed by atoms with Gasteiger partial charge in [-0.25, -0.2) is 4.39 Å². The van der Waals surface area contributed by atoms with E-state index in [-0.39, 0.29) is 24.2 Å². The molecule has 0 heterocycles. The van der Waals surface area contributed by atoms with Crippen molar-refractivity contribution < 1.29 is 19.1 Å². The molecular formula is C15H18FNO3. The van der Waals surface area contributed by atoms with Gasteiger partial charge in [0.25, 0.3) is 0 Å².